The van der Waals surface area contributed by atoms with Crippen molar-refractivity contribution in [1.82, 2.24) is 19.6 Å². The van der Waals surface area contributed by atoms with Crippen LogP contribution in [0.1, 0.15) is 13.8 Å². The smallest absolute Gasteiger partial charge is 0.320 e. The van der Waals surface area contributed by atoms with Crippen molar-refractivity contribution in [1.29, 1.82) is 0 Å². The molecule has 2 heterocycles. The SMILES string of the molecule is CCOCC(=O)N1CCN(C(=O)N2CCN(C(=O)COCC(C)=O)CC2)CC1. The van der Waals surface area contributed by atoms with Crippen molar-refractivity contribution in [2.24, 2.45) is 0 Å². The molecule has 2 fully saturated rings. The number of nitrogens with zero attached hydrogens (tertiary/aromatic N) is 4. The third-order valence-electron chi connectivity index (χ3n) is 4.77. The van der Waals surface area contributed by atoms with Gasteiger partial charge in [-0.2, -0.15) is 0 Å². The van der Waals surface area contributed by atoms with Gasteiger partial charge in [0, 0.05) is 59.0 Å². The average molecular weight is 398 g/mol. The summed E-state index contributed by atoms with van der Waals surface area (Å²) in [5, 5.41) is 0. The van der Waals surface area contributed by atoms with E-state index < -0.39 is 0 Å². The number of hydrogen-bond donors (Lipinski definition) is 0. The molecular formula is C18H30N4O6. The van der Waals surface area contributed by atoms with E-state index in [2.05, 4.69) is 0 Å². The second-order valence-corrected chi connectivity index (χ2v) is 6.85. The zero-order valence-electron chi connectivity index (χ0n) is 16.7. The zero-order chi connectivity index (χ0) is 20.5. The number of ether oxygens (including phenoxy) is 2. The standard InChI is InChI=1S/C18H30N4O6/c1-3-27-13-16(24)19-4-8-21(9-5-19)18(26)22-10-6-20(7-11-22)17(25)14-28-12-15(2)23/h3-14H2,1-2H3. The Morgan fingerprint density at radius 3 is 1.43 bits per heavy atom. The summed E-state index contributed by atoms with van der Waals surface area (Å²) in [6.45, 7) is 7.45. The van der Waals surface area contributed by atoms with Gasteiger partial charge in [-0.1, -0.05) is 0 Å². The summed E-state index contributed by atoms with van der Waals surface area (Å²) in [7, 11) is 0. The van der Waals surface area contributed by atoms with Crippen LogP contribution in [0.4, 0.5) is 4.79 Å². The molecule has 28 heavy (non-hydrogen) atoms. The maximum atomic E-state index is 12.7. The largest absolute Gasteiger partial charge is 0.372 e. The molecule has 0 bridgehead atoms. The third-order valence-corrected chi connectivity index (χ3v) is 4.77. The van der Waals surface area contributed by atoms with Gasteiger partial charge in [0.05, 0.1) is 0 Å². The van der Waals surface area contributed by atoms with Crippen LogP contribution in [0, 0.1) is 0 Å². The molecular weight excluding hydrogens is 368 g/mol. The molecule has 0 radical (unpaired) electrons. The van der Waals surface area contributed by atoms with E-state index in [1.54, 1.807) is 19.6 Å². The topological polar surface area (TPSA) is 99.7 Å². The summed E-state index contributed by atoms with van der Waals surface area (Å²) in [6.07, 6.45) is 0. The molecule has 0 N–H and O–H groups in total. The van der Waals surface area contributed by atoms with Crippen LogP contribution in [0.25, 0.3) is 0 Å². The Morgan fingerprint density at radius 1 is 0.643 bits per heavy atom. The predicted molar refractivity (Wildman–Crippen MR) is 99.7 cm³/mol. The molecule has 0 aromatic heterocycles. The summed E-state index contributed by atoms with van der Waals surface area (Å²) in [4.78, 5) is 54.4. The van der Waals surface area contributed by atoms with E-state index in [1.165, 1.54) is 6.92 Å². The third kappa shape index (κ3) is 6.45. The first-order valence-electron chi connectivity index (χ1n) is 9.66. The van der Waals surface area contributed by atoms with E-state index in [0.29, 0.717) is 59.0 Å². The minimum absolute atomic E-state index is 0.0481. The first kappa shape index (κ1) is 22.1. The van der Waals surface area contributed by atoms with E-state index in [1.807, 2.05) is 6.92 Å². The van der Waals surface area contributed by atoms with Crippen LogP contribution in [0.3, 0.4) is 0 Å². The first-order chi connectivity index (χ1) is 13.4. The van der Waals surface area contributed by atoms with Gasteiger partial charge in [-0.3, -0.25) is 14.4 Å². The Kier molecular flexibility index (Phi) is 8.65. The summed E-state index contributed by atoms with van der Waals surface area (Å²) < 4.78 is 10.2. The highest BCUT2D eigenvalue weighted by atomic mass is 16.5. The predicted octanol–water partition coefficient (Wildman–Crippen LogP) is -0.963. The van der Waals surface area contributed by atoms with Gasteiger partial charge in [-0.25, -0.2) is 4.79 Å². The number of rotatable bonds is 7. The van der Waals surface area contributed by atoms with Crippen LogP contribution in [0.5, 0.6) is 0 Å². The molecule has 10 heteroatoms. The quantitative estimate of drug-likeness (QED) is 0.548. The van der Waals surface area contributed by atoms with Crippen LogP contribution in [-0.2, 0) is 23.9 Å². The van der Waals surface area contributed by atoms with E-state index in [-0.39, 0.29) is 43.4 Å². The molecule has 0 saturated carbocycles. The number of ketones is 1. The van der Waals surface area contributed by atoms with E-state index in [9.17, 15) is 19.2 Å². The summed E-state index contributed by atoms with van der Waals surface area (Å²) >= 11 is 0. The lowest BCUT2D eigenvalue weighted by atomic mass is 10.3. The van der Waals surface area contributed by atoms with Gasteiger partial charge in [0.1, 0.15) is 19.8 Å². The van der Waals surface area contributed by atoms with Crippen molar-refractivity contribution in [3.05, 3.63) is 0 Å². The molecule has 0 aromatic carbocycles. The Hall–Kier alpha value is -2.20. The zero-order valence-corrected chi connectivity index (χ0v) is 16.7. The summed E-state index contributed by atoms with van der Waals surface area (Å²) in [5.74, 6) is -0.342. The number of hydrogen-bond acceptors (Lipinski definition) is 6. The minimum Gasteiger partial charge on any atom is -0.372 e. The van der Waals surface area contributed by atoms with Gasteiger partial charge >= 0.3 is 6.03 Å². The maximum absolute atomic E-state index is 12.7. The highest BCUT2D eigenvalue weighted by Gasteiger charge is 2.30. The lowest BCUT2D eigenvalue weighted by Crippen LogP contribution is -2.58. The molecule has 0 aliphatic carbocycles. The van der Waals surface area contributed by atoms with Crippen molar-refractivity contribution in [2.45, 2.75) is 13.8 Å². The maximum Gasteiger partial charge on any atom is 0.320 e. The van der Waals surface area contributed by atoms with Crippen molar-refractivity contribution in [3.8, 4) is 0 Å². The number of urea groups is 1. The molecule has 2 aliphatic heterocycles. The van der Waals surface area contributed by atoms with Crippen LogP contribution in [-0.4, -0.2) is 122 Å². The molecule has 2 rings (SSSR count). The molecule has 0 atom stereocenters. The van der Waals surface area contributed by atoms with Crippen molar-refractivity contribution < 1.29 is 28.7 Å². The van der Waals surface area contributed by atoms with Crippen molar-refractivity contribution >= 4 is 23.6 Å². The van der Waals surface area contributed by atoms with Crippen LogP contribution >= 0.6 is 0 Å². The fourth-order valence-corrected chi connectivity index (χ4v) is 3.15. The van der Waals surface area contributed by atoms with Crippen LogP contribution < -0.4 is 0 Å². The Labute approximate surface area is 165 Å². The molecule has 158 valence electrons. The first-order valence-corrected chi connectivity index (χ1v) is 9.66. The fraction of sp³-hybridized carbons (Fsp3) is 0.778. The highest BCUT2D eigenvalue weighted by molar-refractivity contribution is 5.80. The number of Topliss-reactive ketones (excluding diaryl/α,β-unsaturated/α-hetero) is 1. The second kappa shape index (κ2) is 11.0. The Balaban J connectivity index is 1.70. The normalized spacial score (nSPS) is 17.6. The Morgan fingerprint density at radius 2 is 1.04 bits per heavy atom. The van der Waals surface area contributed by atoms with Gasteiger partial charge in [0.25, 0.3) is 0 Å². The molecule has 0 aromatic rings. The van der Waals surface area contributed by atoms with Crippen LogP contribution in [0.15, 0.2) is 0 Å². The lowest BCUT2D eigenvalue weighted by molar-refractivity contribution is -0.139. The van der Waals surface area contributed by atoms with Gasteiger partial charge < -0.3 is 29.1 Å². The highest BCUT2D eigenvalue weighted by Crippen LogP contribution is 2.10. The monoisotopic (exact) mass is 398 g/mol. The van der Waals surface area contributed by atoms with Crippen molar-refractivity contribution in [3.63, 3.8) is 0 Å². The molecule has 2 aliphatic rings. The van der Waals surface area contributed by atoms with E-state index >= 15 is 0 Å². The molecule has 4 amide bonds. The van der Waals surface area contributed by atoms with Gasteiger partial charge in [0.2, 0.25) is 11.8 Å². The molecule has 0 unspecified atom stereocenters. The summed E-state index contributed by atoms with van der Waals surface area (Å²) in [6, 6.07) is -0.0585. The number of piperazine rings is 2. The number of carbonyl (C=O) groups is 4. The average Bonchev–Trinajstić information content (AvgIpc) is 2.71. The van der Waals surface area contributed by atoms with Gasteiger partial charge in [-0.05, 0) is 13.8 Å². The Bertz CT molecular complexity index is 568. The molecule has 2 saturated heterocycles. The number of amides is 4. The second-order valence-electron chi connectivity index (χ2n) is 6.85. The van der Waals surface area contributed by atoms with E-state index in [0.717, 1.165) is 0 Å². The minimum atomic E-state index is -0.172. The van der Waals surface area contributed by atoms with Crippen molar-refractivity contribution in [2.75, 3.05) is 78.8 Å². The molecule has 10 nitrogen and oxygen atoms in total. The summed E-state index contributed by atoms with van der Waals surface area (Å²) in [5.41, 5.74) is 0. The molecule has 0 spiro atoms. The van der Waals surface area contributed by atoms with Crippen LogP contribution in [0.2, 0.25) is 0 Å². The number of carbonyl (C=O) groups excluding carboxylic acids is 4. The van der Waals surface area contributed by atoms with Gasteiger partial charge in [0.15, 0.2) is 5.78 Å². The van der Waals surface area contributed by atoms with Gasteiger partial charge in [-0.15, -0.1) is 0 Å². The van der Waals surface area contributed by atoms with E-state index in [4.69, 9.17) is 9.47 Å². The lowest BCUT2D eigenvalue weighted by Gasteiger charge is -2.40. The fourth-order valence-electron chi connectivity index (χ4n) is 3.15.